The van der Waals surface area contributed by atoms with Crippen molar-refractivity contribution in [2.24, 2.45) is 5.92 Å². The first-order chi connectivity index (χ1) is 12.5. The van der Waals surface area contributed by atoms with Gasteiger partial charge in [0.05, 0.1) is 12.1 Å². The van der Waals surface area contributed by atoms with Crippen LogP contribution in [-0.4, -0.2) is 35.5 Å². The summed E-state index contributed by atoms with van der Waals surface area (Å²) >= 11 is 3.47. The van der Waals surface area contributed by atoms with Crippen molar-refractivity contribution in [3.63, 3.8) is 0 Å². The lowest BCUT2D eigenvalue weighted by molar-refractivity contribution is -0.125. The third-order valence-electron chi connectivity index (χ3n) is 5.00. The summed E-state index contributed by atoms with van der Waals surface area (Å²) < 4.78 is 1.06. The van der Waals surface area contributed by atoms with Gasteiger partial charge in [0.15, 0.2) is 0 Å². The first-order valence-electron chi connectivity index (χ1n) is 9.00. The number of aromatic nitrogens is 2. The summed E-state index contributed by atoms with van der Waals surface area (Å²) in [4.78, 5) is 23.4. The van der Waals surface area contributed by atoms with Crippen LogP contribution in [0, 0.1) is 5.92 Å². The molecule has 1 amide bonds. The molecule has 1 aliphatic rings. The minimum Gasteiger partial charge on any atom is -0.355 e. The average Bonchev–Trinajstić information content (AvgIpc) is 2.67. The number of carbonyl (C=O) groups is 1. The van der Waals surface area contributed by atoms with E-state index in [1.807, 2.05) is 12.1 Å². The van der Waals surface area contributed by atoms with Gasteiger partial charge in [0.2, 0.25) is 5.91 Å². The monoisotopic (exact) mass is 416 g/mol. The minimum absolute atomic E-state index is 0.00789. The summed E-state index contributed by atoms with van der Waals surface area (Å²) in [5.41, 5.74) is 1.10. The van der Waals surface area contributed by atoms with E-state index in [1.165, 1.54) is 5.56 Å². The van der Waals surface area contributed by atoms with Crippen molar-refractivity contribution >= 4 is 27.7 Å². The van der Waals surface area contributed by atoms with E-state index in [2.05, 4.69) is 62.1 Å². The zero-order valence-corrected chi connectivity index (χ0v) is 16.9. The van der Waals surface area contributed by atoms with Crippen LogP contribution in [0.3, 0.4) is 0 Å². The number of nitrogens with zero attached hydrogens (tertiary/aromatic N) is 3. The van der Waals surface area contributed by atoms with Crippen molar-refractivity contribution < 1.29 is 4.79 Å². The number of hydrogen-bond acceptors (Lipinski definition) is 4. The van der Waals surface area contributed by atoms with Crippen LogP contribution in [-0.2, 0) is 10.2 Å². The molecule has 0 radical (unpaired) electrons. The molecule has 1 aliphatic heterocycles. The molecule has 2 aromatic rings. The number of halogens is 1. The van der Waals surface area contributed by atoms with Crippen LogP contribution in [0.4, 0.5) is 5.82 Å². The van der Waals surface area contributed by atoms with Gasteiger partial charge in [-0.3, -0.25) is 9.78 Å². The summed E-state index contributed by atoms with van der Waals surface area (Å²) in [6.45, 7) is 6.55. The fourth-order valence-corrected chi connectivity index (χ4v) is 3.57. The van der Waals surface area contributed by atoms with Gasteiger partial charge in [0.25, 0.3) is 0 Å². The molecular formula is C20H25BrN4O. The standard InChI is InChI=1S/C20H25BrN4O/c1-20(2,16-5-7-17(21)8-6-16)14-24-19(26)15-4-3-11-25(13-15)18-12-22-9-10-23-18/h5-10,12,15H,3-4,11,13-14H2,1-2H3,(H,24,26). The fourth-order valence-electron chi connectivity index (χ4n) is 3.31. The highest BCUT2D eigenvalue weighted by Crippen LogP contribution is 2.25. The number of amides is 1. The Hall–Kier alpha value is -1.95. The molecule has 1 saturated heterocycles. The Kier molecular flexibility index (Phi) is 5.91. The maximum absolute atomic E-state index is 12.7. The molecule has 0 spiro atoms. The highest BCUT2D eigenvalue weighted by molar-refractivity contribution is 9.10. The van der Waals surface area contributed by atoms with Gasteiger partial charge in [-0.05, 0) is 30.5 Å². The third kappa shape index (κ3) is 4.61. The van der Waals surface area contributed by atoms with Gasteiger partial charge in [-0.1, -0.05) is 41.9 Å². The second kappa shape index (κ2) is 8.16. The molecule has 0 saturated carbocycles. The molecule has 1 aromatic carbocycles. The maximum Gasteiger partial charge on any atom is 0.224 e. The predicted molar refractivity (Wildman–Crippen MR) is 107 cm³/mol. The van der Waals surface area contributed by atoms with Crippen molar-refractivity contribution in [3.8, 4) is 0 Å². The second-order valence-corrected chi connectivity index (χ2v) is 8.37. The Labute approximate surface area is 163 Å². The van der Waals surface area contributed by atoms with Crippen molar-refractivity contribution in [1.82, 2.24) is 15.3 Å². The van der Waals surface area contributed by atoms with E-state index in [0.717, 1.165) is 29.7 Å². The third-order valence-corrected chi connectivity index (χ3v) is 5.52. The lowest BCUT2D eigenvalue weighted by atomic mass is 9.84. The zero-order chi connectivity index (χ0) is 18.6. The summed E-state index contributed by atoms with van der Waals surface area (Å²) in [6.07, 6.45) is 7.03. The molecule has 0 bridgehead atoms. The van der Waals surface area contributed by atoms with Crippen LogP contribution in [0.5, 0.6) is 0 Å². The van der Waals surface area contributed by atoms with Gasteiger partial charge in [-0.2, -0.15) is 0 Å². The fraction of sp³-hybridized carbons (Fsp3) is 0.450. The summed E-state index contributed by atoms with van der Waals surface area (Å²) in [5, 5.41) is 3.16. The van der Waals surface area contributed by atoms with Crippen LogP contribution in [0.2, 0.25) is 0 Å². The molecule has 2 heterocycles. The van der Waals surface area contributed by atoms with E-state index in [-0.39, 0.29) is 17.2 Å². The Morgan fingerprint density at radius 2 is 2.08 bits per heavy atom. The number of benzene rings is 1. The Bertz CT molecular complexity index is 733. The van der Waals surface area contributed by atoms with Crippen LogP contribution in [0.15, 0.2) is 47.3 Å². The summed E-state index contributed by atoms with van der Waals surface area (Å²) in [6, 6.07) is 8.29. The van der Waals surface area contributed by atoms with Crippen molar-refractivity contribution in [1.29, 1.82) is 0 Å². The summed E-state index contributed by atoms with van der Waals surface area (Å²) in [7, 11) is 0. The van der Waals surface area contributed by atoms with E-state index < -0.39 is 0 Å². The molecule has 1 N–H and O–H groups in total. The van der Waals surface area contributed by atoms with E-state index in [9.17, 15) is 4.79 Å². The molecule has 26 heavy (non-hydrogen) atoms. The van der Waals surface area contributed by atoms with Gasteiger partial charge in [0.1, 0.15) is 5.82 Å². The molecule has 3 rings (SSSR count). The number of carbonyl (C=O) groups excluding carboxylic acids is 1. The largest absolute Gasteiger partial charge is 0.355 e. The van der Waals surface area contributed by atoms with Gasteiger partial charge in [-0.15, -0.1) is 0 Å². The number of nitrogens with one attached hydrogen (secondary N) is 1. The van der Waals surface area contributed by atoms with Crippen LogP contribution in [0.1, 0.15) is 32.3 Å². The average molecular weight is 417 g/mol. The van der Waals surface area contributed by atoms with E-state index in [4.69, 9.17) is 0 Å². The van der Waals surface area contributed by atoms with E-state index >= 15 is 0 Å². The highest BCUT2D eigenvalue weighted by atomic mass is 79.9. The SMILES string of the molecule is CC(C)(CNC(=O)C1CCCN(c2cnccn2)C1)c1ccc(Br)cc1. The molecule has 1 aromatic heterocycles. The van der Waals surface area contributed by atoms with Crippen LogP contribution >= 0.6 is 15.9 Å². The van der Waals surface area contributed by atoms with Crippen LogP contribution in [0.25, 0.3) is 0 Å². The quantitative estimate of drug-likeness (QED) is 0.809. The lowest BCUT2D eigenvalue weighted by Crippen LogP contribution is -2.46. The lowest BCUT2D eigenvalue weighted by Gasteiger charge is -2.33. The summed E-state index contributed by atoms with van der Waals surface area (Å²) in [5.74, 6) is 0.968. The van der Waals surface area contributed by atoms with Gasteiger partial charge >= 0.3 is 0 Å². The highest BCUT2D eigenvalue weighted by Gasteiger charge is 2.28. The van der Waals surface area contributed by atoms with Gasteiger partial charge in [-0.25, -0.2) is 4.98 Å². The number of anilines is 1. The van der Waals surface area contributed by atoms with Gasteiger partial charge < -0.3 is 10.2 Å². The number of hydrogen-bond donors (Lipinski definition) is 1. The predicted octanol–water partition coefficient (Wildman–Crippen LogP) is 3.55. The molecule has 6 heteroatoms. The maximum atomic E-state index is 12.7. The normalized spacial score (nSPS) is 17.8. The van der Waals surface area contributed by atoms with Crippen molar-refractivity contribution in [3.05, 3.63) is 52.9 Å². The first-order valence-corrected chi connectivity index (χ1v) is 9.80. The number of piperidine rings is 1. The smallest absolute Gasteiger partial charge is 0.224 e. The van der Waals surface area contributed by atoms with E-state index in [1.54, 1.807) is 18.6 Å². The molecule has 5 nitrogen and oxygen atoms in total. The van der Waals surface area contributed by atoms with Crippen molar-refractivity contribution in [2.75, 3.05) is 24.5 Å². The Morgan fingerprint density at radius 1 is 1.31 bits per heavy atom. The molecule has 1 fully saturated rings. The topological polar surface area (TPSA) is 58.1 Å². The van der Waals surface area contributed by atoms with Crippen LogP contribution < -0.4 is 10.2 Å². The number of rotatable bonds is 5. The Balaban J connectivity index is 1.58. The first kappa shape index (κ1) is 18.8. The van der Waals surface area contributed by atoms with E-state index in [0.29, 0.717) is 13.1 Å². The molecule has 0 aliphatic carbocycles. The molecule has 138 valence electrons. The molecule has 1 unspecified atom stereocenters. The van der Waals surface area contributed by atoms with Crippen molar-refractivity contribution in [2.45, 2.75) is 32.1 Å². The zero-order valence-electron chi connectivity index (χ0n) is 15.3. The van der Waals surface area contributed by atoms with Gasteiger partial charge in [0, 0.05) is 41.9 Å². The second-order valence-electron chi connectivity index (χ2n) is 7.46. The Morgan fingerprint density at radius 3 is 2.77 bits per heavy atom. The minimum atomic E-state index is -0.115. The molecule has 1 atom stereocenters. The molecular weight excluding hydrogens is 392 g/mol.